The molecule has 17 heavy (non-hydrogen) atoms. The zero-order valence-corrected chi connectivity index (χ0v) is 10.9. The van der Waals surface area contributed by atoms with Gasteiger partial charge < -0.3 is 4.74 Å². The van der Waals surface area contributed by atoms with Crippen molar-refractivity contribution in [3.8, 4) is 16.9 Å². The van der Waals surface area contributed by atoms with Crippen molar-refractivity contribution in [1.29, 1.82) is 0 Å². The number of hydrogen-bond acceptors (Lipinski definition) is 1. The topological polar surface area (TPSA) is 9.23 Å². The summed E-state index contributed by atoms with van der Waals surface area (Å²) >= 11 is 0. The van der Waals surface area contributed by atoms with Crippen molar-refractivity contribution in [3.63, 3.8) is 0 Å². The van der Waals surface area contributed by atoms with Crippen molar-refractivity contribution in [1.82, 2.24) is 0 Å². The van der Waals surface area contributed by atoms with Crippen molar-refractivity contribution >= 4 is 0 Å². The fourth-order valence-corrected chi connectivity index (χ4v) is 2.04. The molecule has 0 unspecified atom stereocenters. The molecule has 0 heterocycles. The normalized spacial score (nSPS) is 10.4. The Morgan fingerprint density at radius 3 is 2.06 bits per heavy atom. The zero-order valence-electron chi connectivity index (χ0n) is 10.9. The molecule has 0 fully saturated rings. The Kier molecular flexibility index (Phi) is 3.19. The summed E-state index contributed by atoms with van der Waals surface area (Å²) in [6.07, 6.45) is 0. The molecule has 88 valence electrons. The Morgan fingerprint density at radius 2 is 1.47 bits per heavy atom. The van der Waals surface area contributed by atoms with Crippen LogP contribution in [0.25, 0.3) is 11.1 Å². The van der Waals surface area contributed by atoms with Gasteiger partial charge in [0, 0.05) is 5.56 Å². The van der Waals surface area contributed by atoms with Crippen LogP contribution >= 0.6 is 0 Å². The number of hydrogen-bond donors (Lipinski definition) is 0. The van der Waals surface area contributed by atoms with Crippen molar-refractivity contribution in [2.75, 3.05) is 7.11 Å². The van der Waals surface area contributed by atoms with Crippen LogP contribution in [-0.2, 0) is 0 Å². The van der Waals surface area contributed by atoms with Crippen LogP contribution in [0.15, 0.2) is 36.4 Å². The molecule has 0 atom stereocenters. The van der Waals surface area contributed by atoms with E-state index in [1.807, 2.05) is 6.07 Å². The molecule has 0 amide bonds. The van der Waals surface area contributed by atoms with Gasteiger partial charge in [-0.2, -0.15) is 0 Å². The Labute approximate surface area is 103 Å². The Hall–Kier alpha value is -1.76. The van der Waals surface area contributed by atoms with Crippen molar-refractivity contribution in [2.24, 2.45) is 0 Å². The largest absolute Gasteiger partial charge is 0.496 e. The van der Waals surface area contributed by atoms with E-state index < -0.39 is 0 Å². The molecule has 0 aliphatic rings. The first kappa shape index (κ1) is 11.7. The van der Waals surface area contributed by atoms with Gasteiger partial charge in [0.05, 0.1) is 7.11 Å². The average molecular weight is 226 g/mol. The predicted octanol–water partition coefficient (Wildman–Crippen LogP) is 4.29. The van der Waals surface area contributed by atoms with E-state index >= 15 is 0 Å². The molecule has 0 saturated carbocycles. The first-order valence-electron chi connectivity index (χ1n) is 5.84. The van der Waals surface area contributed by atoms with Crippen LogP contribution < -0.4 is 4.74 Å². The maximum Gasteiger partial charge on any atom is 0.126 e. The van der Waals surface area contributed by atoms with E-state index in [0.717, 1.165) is 5.75 Å². The lowest BCUT2D eigenvalue weighted by atomic mass is 9.95. The highest BCUT2D eigenvalue weighted by Gasteiger charge is 2.10. The second-order valence-corrected chi connectivity index (χ2v) is 4.45. The zero-order chi connectivity index (χ0) is 12.4. The molecule has 0 N–H and O–H groups in total. The van der Waals surface area contributed by atoms with Gasteiger partial charge >= 0.3 is 0 Å². The highest BCUT2D eigenvalue weighted by molar-refractivity contribution is 5.75. The second-order valence-electron chi connectivity index (χ2n) is 4.45. The quantitative estimate of drug-likeness (QED) is 0.742. The maximum absolute atomic E-state index is 5.47. The summed E-state index contributed by atoms with van der Waals surface area (Å²) < 4.78 is 5.47. The van der Waals surface area contributed by atoms with E-state index in [1.165, 1.54) is 27.8 Å². The molecule has 2 aromatic carbocycles. The number of methoxy groups -OCH3 is 1. The standard InChI is InChI=1S/C16H18O/c1-11-5-8-14(9-6-11)16-13(3)12(2)7-10-15(16)17-4/h5-10H,1-4H3. The van der Waals surface area contributed by atoms with Crippen LogP contribution in [0.5, 0.6) is 5.75 Å². The molecule has 1 heteroatoms. The van der Waals surface area contributed by atoms with Gasteiger partial charge in [-0.1, -0.05) is 35.9 Å². The molecule has 0 aromatic heterocycles. The maximum atomic E-state index is 5.47. The summed E-state index contributed by atoms with van der Waals surface area (Å²) in [5.41, 5.74) is 6.27. The first-order valence-corrected chi connectivity index (χ1v) is 5.84. The lowest BCUT2D eigenvalue weighted by Crippen LogP contribution is -1.93. The van der Waals surface area contributed by atoms with E-state index in [4.69, 9.17) is 4.74 Å². The third-order valence-corrected chi connectivity index (χ3v) is 3.26. The van der Waals surface area contributed by atoms with E-state index in [1.54, 1.807) is 7.11 Å². The fourth-order valence-electron chi connectivity index (χ4n) is 2.04. The first-order chi connectivity index (χ1) is 8.13. The molecule has 0 radical (unpaired) electrons. The Morgan fingerprint density at radius 1 is 0.824 bits per heavy atom. The lowest BCUT2D eigenvalue weighted by molar-refractivity contribution is 0.416. The van der Waals surface area contributed by atoms with Crippen LogP contribution in [0.1, 0.15) is 16.7 Å². The second kappa shape index (κ2) is 4.62. The average Bonchev–Trinajstić information content (AvgIpc) is 2.34. The minimum atomic E-state index is 0.942. The molecular weight excluding hydrogens is 208 g/mol. The monoisotopic (exact) mass is 226 g/mol. The molecule has 0 bridgehead atoms. The van der Waals surface area contributed by atoms with Gasteiger partial charge in [0.15, 0.2) is 0 Å². The SMILES string of the molecule is COc1ccc(C)c(C)c1-c1ccc(C)cc1. The number of rotatable bonds is 2. The van der Waals surface area contributed by atoms with Gasteiger partial charge in [-0.3, -0.25) is 0 Å². The third kappa shape index (κ3) is 2.19. The third-order valence-electron chi connectivity index (χ3n) is 3.26. The van der Waals surface area contributed by atoms with Crippen molar-refractivity contribution in [3.05, 3.63) is 53.1 Å². The molecule has 2 aromatic rings. The van der Waals surface area contributed by atoms with Crippen LogP contribution in [0.4, 0.5) is 0 Å². The van der Waals surface area contributed by atoms with Gasteiger partial charge in [-0.25, -0.2) is 0 Å². The summed E-state index contributed by atoms with van der Waals surface area (Å²) in [7, 11) is 1.72. The van der Waals surface area contributed by atoms with Gasteiger partial charge in [0.2, 0.25) is 0 Å². The molecule has 2 rings (SSSR count). The van der Waals surface area contributed by atoms with E-state index in [2.05, 4.69) is 51.1 Å². The van der Waals surface area contributed by atoms with Gasteiger partial charge in [0.1, 0.15) is 5.75 Å². The highest BCUT2D eigenvalue weighted by Crippen LogP contribution is 2.34. The molecule has 0 spiro atoms. The number of aryl methyl sites for hydroxylation is 2. The van der Waals surface area contributed by atoms with E-state index in [9.17, 15) is 0 Å². The summed E-state index contributed by atoms with van der Waals surface area (Å²) in [5, 5.41) is 0. The van der Waals surface area contributed by atoms with Crippen LogP contribution in [0.3, 0.4) is 0 Å². The van der Waals surface area contributed by atoms with Gasteiger partial charge in [-0.15, -0.1) is 0 Å². The predicted molar refractivity (Wildman–Crippen MR) is 72.6 cm³/mol. The summed E-state index contributed by atoms with van der Waals surface area (Å²) in [6, 6.07) is 12.7. The molecule has 1 nitrogen and oxygen atoms in total. The minimum Gasteiger partial charge on any atom is -0.496 e. The molecular formula is C16H18O. The van der Waals surface area contributed by atoms with Crippen molar-refractivity contribution < 1.29 is 4.74 Å². The Bertz CT molecular complexity index is 524. The molecule has 0 saturated heterocycles. The van der Waals surface area contributed by atoms with E-state index in [-0.39, 0.29) is 0 Å². The highest BCUT2D eigenvalue weighted by atomic mass is 16.5. The Balaban J connectivity index is 2.64. The van der Waals surface area contributed by atoms with Gasteiger partial charge in [0.25, 0.3) is 0 Å². The molecule has 0 aliphatic carbocycles. The summed E-state index contributed by atoms with van der Waals surface area (Å²) in [5.74, 6) is 0.942. The van der Waals surface area contributed by atoms with Crippen LogP contribution in [0, 0.1) is 20.8 Å². The number of ether oxygens (including phenoxy) is 1. The van der Waals surface area contributed by atoms with Crippen LogP contribution in [-0.4, -0.2) is 7.11 Å². The smallest absolute Gasteiger partial charge is 0.126 e. The minimum absolute atomic E-state index is 0.942. The summed E-state index contributed by atoms with van der Waals surface area (Å²) in [6.45, 7) is 6.38. The van der Waals surface area contributed by atoms with Crippen molar-refractivity contribution in [2.45, 2.75) is 20.8 Å². The molecule has 0 aliphatic heterocycles. The van der Waals surface area contributed by atoms with E-state index in [0.29, 0.717) is 0 Å². The summed E-state index contributed by atoms with van der Waals surface area (Å²) in [4.78, 5) is 0. The fraction of sp³-hybridized carbons (Fsp3) is 0.250. The lowest BCUT2D eigenvalue weighted by Gasteiger charge is -2.14. The van der Waals surface area contributed by atoms with Crippen LogP contribution in [0.2, 0.25) is 0 Å². The number of benzene rings is 2. The van der Waals surface area contributed by atoms with Gasteiger partial charge in [-0.05, 0) is 43.5 Å².